The molecule has 0 saturated carbocycles. The largest absolute Gasteiger partial charge is 0.345 e. The van der Waals surface area contributed by atoms with E-state index in [0.29, 0.717) is 26.1 Å². The summed E-state index contributed by atoms with van der Waals surface area (Å²) in [6.45, 7) is 3.15. The lowest BCUT2D eigenvalue weighted by Gasteiger charge is -2.46. The molecular formula is C18H22F2N2O2. The molecule has 1 spiro atoms. The molecule has 0 atom stereocenters. The summed E-state index contributed by atoms with van der Waals surface area (Å²) in [4.78, 5) is 27.5. The van der Waals surface area contributed by atoms with Crippen LogP contribution in [0.15, 0.2) is 12.1 Å². The molecule has 24 heavy (non-hydrogen) atoms. The highest BCUT2D eigenvalue weighted by Gasteiger charge is 2.41. The lowest BCUT2D eigenvalue weighted by atomic mass is 9.72. The molecule has 0 radical (unpaired) electrons. The molecular weight excluding hydrogens is 314 g/mol. The van der Waals surface area contributed by atoms with Crippen LogP contribution < -0.4 is 0 Å². The van der Waals surface area contributed by atoms with Crippen molar-refractivity contribution < 1.29 is 18.4 Å². The molecule has 1 aromatic rings. The van der Waals surface area contributed by atoms with Crippen molar-refractivity contribution >= 4 is 11.8 Å². The molecule has 2 heterocycles. The maximum absolute atomic E-state index is 14.2. The first kappa shape index (κ1) is 16.9. The fourth-order valence-electron chi connectivity index (χ4n) is 3.84. The number of hydrogen-bond donors (Lipinski definition) is 0. The van der Waals surface area contributed by atoms with Crippen LogP contribution in [0.5, 0.6) is 0 Å². The van der Waals surface area contributed by atoms with E-state index < -0.39 is 23.1 Å². The third kappa shape index (κ3) is 2.89. The van der Waals surface area contributed by atoms with Gasteiger partial charge in [-0.05, 0) is 43.2 Å². The zero-order valence-electron chi connectivity index (χ0n) is 14.1. The number of carbonyl (C=O) groups excluding carboxylic acids is 2. The van der Waals surface area contributed by atoms with Gasteiger partial charge in [-0.15, -0.1) is 0 Å². The molecule has 0 N–H and O–H groups in total. The van der Waals surface area contributed by atoms with Crippen molar-refractivity contribution in [2.24, 2.45) is 5.41 Å². The molecule has 6 heteroatoms. The van der Waals surface area contributed by atoms with Crippen LogP contribution in [-0.2, 0) is 4.79 Å². The van der Waals surface area contributed by atoms with Crippen molar-refractivity contribution in [3.05, 3.63) is 34.9 Å². The molecule has 0 unspecified atom stereocenters. The quantitative estimate of drug-likeness (QED) is 0.791. The predicted molar refractivity (Wildman–Crippen MR) is 85.5 cm³/mol. The van der Waals surface area contributed by atoms with Crippen molar-refractivity contribution in [1.29, 1.82) is 0 Å². The van der Waals surface area contributed by atoms with E-state index in [-0.39, 0.29) is 16.9 Å². The summed E-state index contributed by atoms with van der Waals surface area (Å²) in [5, 5.41) is 0. The van der Waals surface area contributed by atoms with Crippen LogP contribution >= 0.6 is 0 Å². The maximum atomic E-state index is 14.2. The zero-order valence-corrected chi connectivity index (χ0v) is 14.1. The molecule has 130 valence electrons. The van der Waals surface area contributed by atoms with Crippen molar-refractivity contribution in [2.45, 2.75) is 32.6 Å². The highest BCUT2D eigenvalue weighted by Crippen LogP contribution is 2.40. The van der Waals surface area contributed by atoms with Gasteiger partial charge in [0, 0.05) is 33.1 Å². The molecule has 1 aromatic carbocycles. The molecule has 2 saturated heterocycles. The fourth-order valence-corrected chi connectivity index (χ4v) is 3.84. The minimum Gasteiger partial charge on any atom is -0.345 e. The zero-order chi connectivity index (χ0) is 17.5. The van der Waals surface area contributed by atoms with Crippen LogP contribution in [-0.4, -0.2) is 48.3 Å². The number of halogens is 2. The lowest BCUT2D eigenvalue weighted by molar-refractivity contribution is -0.137. The highest BCUT2D eigenvalue weighted by atomic mass is 19.1. The van der Waals surface area contributed by atoms with Crippen LogP contribution in [0.2, 0.25) is 0 Å². The van der Waals surface area contributed by atoms with Gasteiger partial charge < -0.3 is 9.80 Å². The van der Waals surface area contributed by atoms with Crippen LogP contribution in [0.25, 0.3) is 0 Å². The van der Waals surface area contributed by atoms with Gasteiger partial charge in [-0.1, -0.05) is 6.07 Å². The van der Waals surface area contributed by atoms with Crippen molar-refractivity contribution in [3.63, 3.8) is 0 Å². The van der Waals surface area contributed by atoms with E-state index >= 15 is 0 Å². The van der Waals surface area contributed by atoms with Gasteiger partial charge in [0.2, 0.25) is 5.91 Å². The Balaban J connectivity index is 1.72. The van der Waals surface area contributed by atoms with E-state index in [0.717, 1.165) is 25.3 Å². The Bertz CT molecular complexity index is 682. The van der Waals surface area contributed by atoms with Gasteiger partial charge in [-0.3, -0.25) is 9.59 Å². The van der Waals surface area contributed by atoms with Crippen LogP contribution in [0.1, 0.15) is 41.6 Å². The van der Waals surface area contributed by atoms with Crippen LogP contribution in [0.4, 0.5) is 8.78 Å². The summed E-state index contributed by atoms with van der Waals surface area (Å²) >= 11 is 0. The van der Waals surface area contributed by atoms with Gasteiger partial charge in [0.25, 0.3) is 5.91 Å². The van der Waals surface area contributed by atoms with Gasteiger partial charge in [-0.2, -0.15) is 0 Å². The summed E-state index contributed by atoms with van der Waals surface area (Å²) in [5.74, 6) is -2.01. The smallest absolute Gasteiger partial charge is 0.259 e. The van der Waals surface area contributed by atoms with E-state index in [4.69, 9.17) is 0 Å². The van der Waals surface area contributed by atoms with E-state index in [2.05, 4.69) is 0 Å². The number of aryl methyl sites for hydroxylation is 1. The normalized spacial score (nSPS) is 20.6. The highest BCUT2D eigenvalue weighted by molar-refractivity contribution is 5.95. The second kappa shape index (κ2) is 6.15. The first-order chi connectivity index (χ1) is 11.3. The SMILES string of the molecule is Cc1ccc(F)c(C(=O)N2CCC3(CCC(=O)N(C)C3)CC2)c1F. The Morgan fingerprint density at radius 1 is 1.17 bits per heavy atom. The number of piperidine rings is 2. The monoisotopic (exact) mass is 336 g/mol. The fraction of sp³-hybridized carbons (Fsp3) is 0.556. The Kier molecular flexibility index (Phi) is 4.32. The first-order valence-corrected chi connectivity index (χ1v) is 8.31. The van der Waals surface area contributed by atoms with Gasteiger partial charge in [0.05, 0.1) is 0 Å². The third-order valence-electron chi connectivity index (χ3n) is 5.48. The molecule has 3 rings (SSSR count). The minimum atomic E-state index is -0.814. The number of likely N-dealkylation sites (tertiary alicyclic amines) is 2. The Morgan fingerprint density at radius 3 is 2.46 bits per heavy atom. The molecule has 2 fully saturated rings. The van der Waals surface area contributed by atoms with E-state index in [9.17, 15) is 18.4 Å². The number of amides is 2. The first-order valence-electron chi connectivity index (χ1n) is 8.31. The third-order valence-corrected chi connectivity index (χ3v) is 5.48. The summed E-state index contributed by atoms with van der Waals surface area (Å²) in [6, 6.07) is 2.47. The van der Waals surface area contributed by atoms with Gasteiger partial charge in [0.15, 0.2) is 0 Å². The second-order valence-electron chi connectivity index (χ2n) is 7.10. The van der Waals surface area contributed by atoms with Crippen LogP contribution in [0.3, 0.4) is 0 Å². The number of carbonyl (C=O) groups is 2. The van der Waals surface area contributed by atoms with Crippen molar-refractivity contribution in [1.82, 2.24) is 9.80 Å². The molecule has 0 aliphatic carbocycles. The Labute approximate surface area is 140 Å². The number of hydrogen-bond acceptors (Lipinski definition) is 2. The number of rotatable bonds is 1. The predicted octanol–water partition coefficient (Wildman–Crippen LogP) is 2.75. The van der Waals surface area contributed by atoms with Crippen molar-refractivity contribution in [3.8, 4) is 0 Å². The topological polar surface area (TPSA) is 40.6 Å². The summed E-state index contributed by atoms with van der Waals surface area (Å²) in [7, 11) is 1.80. The second-order valence-corrected chi connectivity index (χ2v) is 7.10. The Hall–Kier alpha value is -1.98. The standard InChI is InChI=1S/C18H22F2N2O2/c1-12-3-4-13(19)15(16(12)20)17(24)22-9-7-18(8-10-22)6-5-14(23)21(2)11-18/h3-4H,5-11H2,1-2H3. The molecule has 2 aliphatic rings. The summed E-state index contributed by atoms with van der Waals surface area (Å²) in [5.41, 5.74) is -0.161. The summed E-state index contributed by atoms with van der Waals surface area (Å²) in [6.07, 6.45) is 2.87. The molecule has 4 nitrogen and oxygen atoms in total. The van der Waals surface area contributed by atoms with Crippen molar-refractivity contribution in [2.75, 3.05) is 26.7 Å². The summed E-state index contributed by atoms with van der Waals surface area (Å²) < 4.78 is 28.1. The lowest BCUT2D eigenvalue weighted by Crippen LogP contribution is -2.51. The van der Waals surface area contributed by atoms with E-state index in [1.165, 1.54) is 17.9 Å². The van der Waals surface area contributed by atoms with Gasteiger partial charge in [-0.25, -0.2) is 8.78 Å². The maximum Gasteiger partial charge on any atom is 0.259 e. The average molecular weight is 336 g/mol. The number of nitrogens with zero attached hydrogens (tertiary/aromatic N) is 2. The van der Waals surface area contributed by atoms with Gasteiger partial charge >= 0.3 is 0 Å². The molecule has 2 amide bonds. The molecule has 0 aromatic heterocycles. The molecule has 0 bridgehead atoms. The van der Waals surface area contributed by atoms with Crippen LogP contribution in [0, 0.1) is 24.0 Å². The average Bonchev–Trinajstić information content (AvgIpc) is 2.56. The van der Waals surface area contributed by atoms with E-state index in [1.54, 1.807) is 11.9 Å². The Morgan fingerprint density at radius 2 is 1.83 bits per heavy atom. The minimum absolute atomic E-state index is 0.0309. The number of benzene rings is 1. The molecule has 2 aliphatic heterocycles. The van der Waals surface area contributed by atoms with E-state index in [1.807, 2.05) is 0 Å². The van der Waals surface area contributed by atoms with Gasteiger partial charge in [0.1, 0.15) is 17.2 Å².